The van der Waals surface area contributed by atoms with Crippen molar-refractivity contribution in [3.05, 3.63) is 17.7 Å². The topological polar surface area (TPSA) is 61.2 Å². The van der Waals surface area contributed by atoms with Crippen molar-refractivity contribution in [3.8, 4) is 17.2 Å². The van der Waals surface area contributed by atoms with E-state index in [1.54, 1.807) is 21.3 Å². The summed E-state index contributed by atoms with van der Waals surface area (Å²) in [5.74, 6) is 2.61. The summed E-state index contributed by atoms with van der Waals surface area (Å²) < 4.78 is 16.0. The van der Waals surface area contributed by atoms with E-state index in [2.05, 4.69) is 12.2 Å². The fourth-order valence-electron chi connectivity index (χ4n) is 3.07. The van der Waals surface area contributed by atoms with E-state index in [-0.39, 0.29) is 5.91 Å². The number of ether oxygens (including phenoxy) is 3. The smallest absolute Gasteiger partial charge is 0.275 e. The molecule has 0 aliphatic carbocycles. The molecule has 1 heterocycles. The van der Waals surface area contributed by atoms with Crippen LogP contribution in [0.4, 0.5) is 0 Å². The summed E-state index contributed by atoms with van der Waals surface area (Å²) in [6.45, 7) is 5.43. The minimum absolute atomic E-state index is 0.0771. The highest BCUT2D eigenvalue weighted by molar-refractivity contribution is 5.76. The Kier molecular flexibility index (Phi) is 6.73. The summed E-state index contributed by atoms with van der Waals surface area (Å²) in [6, 6.07) is 3.72. The highest BCUT2D eigenvalue weighted by Gasteiger charge is 2.21. The third-order valence-corrected chi connectivity index (χ3v) is 4.61. The van der Waals surface area contributed by atoms with Crippen molar-refractivity contribution in [2.75, 3.05) is 41.0 Å². The molecule has 0 radical (unpaired) electrons. The number of nitrogens with one attached hydrogen (secondary N) is 2. The van der Waals surface area contributed by atoms with Gasteiger partial charge in [-0.25, -0.2) is 0 Å². The maximum atomic E-state index is 12.2. The van der Waals surface area contributed by atoms with Crippen molar-refractivity contribution >= 4 is 5.91 Å². The van der Waals surface area contributed by atoms with E-state index in [9.17, 15) is 4.79 Å². The number of carbonyl (C=O) groups excluding carboxylic acids is 1. The zero-order valence-electron chi connectivity index (χ0n) is 15.1. The van der Waals surface area contributed by atoms with Crippen LogP contribution < -0.4 is 24.4 Å². The standard InChI is InChI=1S/C18H28N2O4/c1-13-5-7-20(8-6-13)12-17(21)19-11-14-9-15(22-2)18(24-4)16(10-14)23-3/h9-10,13H,5-8,11-12H2,1-4H3,(H,19,21)/p+1. The summed E-state index contributed by atoms with van der Waals surface area (Å²) >= 11 is 0. The SMILES string of the molecule is COc1cc(CNC(=O)C[NH+]2CCC(C)CC2)cc(OC)c1OC. The second kappa shape index (κ2) is 8.78. The molecular formula is C18H29N2O4+. The predicted molar refractivity (Wildman–Crippen MR) is 91.9 cm³/mol. The molecule has 0 unspecified atom stereocenters. The summed E-state index contributed by atoms with van der Waals surface area (Å²) in [6.07, 6.45) is 2.41. The Hall–Kier alpha value is -1.95. The molecule has 1 fully saturated rings. The van der Waals surface area contributed by atoms with Crippen LogP contribution in [0.3, 0.4) is 0 Å². The van der Waals surface area contributed by atoms with Crippen LogP contribution in [0.2, 0.25) is 0 Å². The van der Waals surface area contributed by atoms with Gasteiger partial charge < -0.3 is 24.4 Å². The van der Waals surface area contributed by atoms with Crippen molar-refractivity contribution in [3.63, 3.8) is 0 Å². The second-order valence-corrected chi connectivity index (χ2v) is 6.42. The first-order valence-corrected chi connectivity index (χ1v) is 8.46. The van der Waals surface area contributed by atoms with Crippen molar-refractivity contribution in [2.24, 2.45) is 5.92 Å². The molecule has 1 amide bonds. The Bertz CT molecular complexity index is 529. The first-order chi connectivity index (χ1) is 11.6. The highest BCUT2D eigenvalue weighted by Crippen LogP contribution is 2.38. The molecule has 0 aromatic heterocycles. The zero-order chi connectivity index (χ0) is 17.5. The molecule has 0 atom stereocenters. The van der Waals surface area contributed by atoms with Gasteiger partial charge in [0.2, 0.25) is 5.75 Å². The number of amides is 1. The molecule has 1 aromatic rings. The minimum atomic E-state index is 0.0771. The van der Waals surface area contributed by atoms with Gasteiger partial charge in [-0.3, -0.25) is 4.79 Å². The first kappa shape index (κ1) is 18.4. The molecule has 1 aliphatic rings. The molecule has 6 nitrogen and oxygen atoms in total. The first-order valence-electron chi connectivity index (χ1n) is 8.46. The van der Waals surface area contributed by atoms with E-state index in [4.69, 9.17) is 14.2 Å². The maximum absolute atomic E-state index is 12.2. The lowest BCUT2D eigenvalue weighted by atomic mass is 9.99. The lowest BCUT2D eigenvalue weighted by molar-refractivity contribution is -0.898. The number of likely N-dealkylation sites (tertiary alicyclic amines) is 1. The van der Waals surface area contributed by atoms with Crippen LogP contribution in [0.1, 0.15) is 25.3 Å². The van der Waals surface area contributed by atoms with Gasteiger partial charge >= 0.3 is 0 Å². The number of quaternary nitrogens is 1. The zero-order valence-corrected chi connectivity index (χ0v) is 15.1. The molecule has 1 aliphatic heterocycles. The molecule has 24 heavy (non-hydrogen) atoms. The van der Waals surface area contributed by atoms with Crippen molar-refractivity contribution < 1.29 is 23.9 Å². The summed E-state index contributed by atoms with van der Waals surface area (Å²) in [4.78, 5) is 13.5. The van der Waals surface area contributed by atoms with Crippen LogP contribution in [0.15, 0.2) is 12.1 Å². The molecule has 2 rings (SSSR count). The number of piperidine rings is 1. The van der Waals surface area contributed by atoms with E-state index in [0.29, 0.717) is 30.3 Å². The summed E-state index contributed by atoms with van der Waals surface area (Å²) in [5, 5.41) is 2.99. The number of hydrogen-bond donors (Lipinski definition) is 2. The fraction of sp³-hybridized carbons (Fsp3) is 0.611. The Labute approximate surface area is 144 Å². The van der Waals surface area contributed by atoms with Crippen molar-refractivity contribution in [1.29, 1.82) is 0 Å². The maximum Gasteiger partial charge on any atom is 0.275 e. The fourth-order valence-corrected chi connectivity index (χ4v) is 3.07. The van der Waals surface area contributed by atoms with Gasteiger partial charge in [-0.15, -0.1) is 0 Å². The minimum Gasteiger partial charge on any atom is -0.493 e. The number of hydrogen-bond acceptors (Lipinski definition) is 4. The van der Waals surface area contributed by atoms with Crippen LogP contribution >= 0.6 is 0 Å². The average molecular weight is 337 g/mol. The van der Waals surface area contributed by atoms with E-state index >= 15 is 0 Å². The quantitative estimate of drug-likeness (QED) is 0.767. The Morgan fingerprint density at radius 1 is 1.12 bits per heavy atom. The number of benzene rings is 1. The molecule has 1 saturated heterocycles. The molecule has 1 aromatic carbocycles. The van der Waals surface area contributed by atoms with Crippen LogP contribution in [0.5, 0.6) is 17.2 Å². The third kappa shape index (κ3) is 4.77. The number of methoxy groups -OCH3 is 3. The van der Waals surface area contributed by atoms with Gasteiger partial charge in [0.15, 0.2) is 18.0 Å². The van der Waals surface area contributed by atoms with E-state index < -0.39 is 0 Å². The second-order valence-electron chi connectivity index (χ2n) is 6.42. The highest BCUT2D eigenvalue weighted by atomic mass is 16.5. The summed E-state index contributed by atoms with van der Waals surface area (Å²) in [7, 11) is 4.74. The molecule has 134 valence electrons. The van der Waals surface area contributed by atoms with Gasteiger partial charge in [-0.1, -0.05) is 6.92 Å². The van der Waals surface area contributed by atoms with Crippen molar-refractivity contribution in [2.45, 2.75) is 26.3 Å². The predicted octanol–water partition coefficient (Wildman–Crippen LogP) is 0.643. The van der Waals surface area contributed by atoms with E-state index in [1.165, 1.54) is 17.7 Å². The lowest BCUT2D eigenvalue weighted by Gasteiger charge is -2.26. The monoisotopic (exact) mass is 337 g/mol. The van der Waals surface area contributed by atoms with E-state index in [1.807, 2.05) is 12.1 Å². The Balaban J connectivity index is 1.92. The molecule has 0 bridgehead atoms. The van der Waals surface area contributed by atoms with Crippen LogP contribution in [0, 0.1) is 5.92 Å². The largest absolute Gasteiger partial charge is 0.493 e. The van der Waals surface area contributed by atoms with Gasteiger partial charge in [-0.2, -0.15) is 0 Å². The number of rotatable bonds is 7. The normalized spacial score (nSPS) is 20.3. The average Bonchev–Trinajstić information content (AvgIpc) is 2.60. The molecule has 2 N–H and O–H groups in total. The van der Waals surface area contributed by atoms with Crippen LogP contribution in [-0.4, -0.2) is 46.9 Å². The van der Waals surface area contributed by atoms with Gasteiger partial charge in [0.05, 0.1) is 34.4 Å². The molecule has 0 spiro atoms. The Morgan fingerprint density at radius 2 is 1.71 bits per heavy atom. The number of carbonyl (C=O) groups is 1. The summed E-state index contributed by atoms with van der Waals surface area (Å²) in [5.41, 5.74) is 0.917. The van der Waals surface area contributed by atoms with E-state index in [0.717, 1.165) is 24.6 Å². The molecular weight excluding hydrogens is 308 g/mol. The van der Waals surface area contributed by atoms with Gasteiger partial charge in [-0.05, 0) is 36.5 Å². The molecule has 0 saturated carbocycles. The van der Waals surface area contributed by atoms with Crippen LogP contribution in [0.25, 0.3) is 0 Å². The van der Waals surface area contributed by atoms with Gasteiger partial charge in [0.1, 0.15) is 0 Å². The lowest BCUT2D eigenvalue weighted by Crippen LogP contribution is -3.14. The Morgan fingerprint density at radius 3 is 2.21 bits per heavy atom. The molecule has 6 heteroatoms. The van der Waals surface area contributed by atoms with Crippen molar-refractivity contribution in [1.82, 2.24) is 5.32 Å². The van der Waals surface area contributed by atoms with Crippen LogP contribution in [-0.2, 0) is 11.3 Å². The van der Waals surface area contributed by atoms with Gasteiger partial charge in [0, 0.05) is 6.54 Å². The van der Waals surface area contributed by atoms with Gasteiger partial charge in [0.25, 0.3) is 5.91 Å². The third-order valence-electron chi connectivity index (χ3n) is 4.61.